The maximum atomic E-state index is 12.0. The molecule has 0 bridgehead atoms. The highest BCUT2D eigenvalue weighted by molar-refractivity contribution is 5.91. The van der Waals surface area contributed by atoms with Crippen molar-refractivity contribution in [2.75, 3.05) is 14.2 Å². The summed E-state index contributed by atoms with van der Waals surface area (Å²) in [4.78, 5) is 22.4. The SMILES string of the molecule is COc1cc(OC(=O)c2ccccc2)cc(OC)c1[N+](=O)[O-]. The minimum absolute atomic E-state index is 0.0554. The second-order valence-corrected chi connectivity index (χ2v) is 4.19. The summed E-state index contributed by atoms with van der Waals surface area (Å²) in [7, 11) is 2.56. The molecule has 0 spiro atoms. The molecule has 0 fully saturated rings. The zero-order valence-corrected chi connectivity index (χ0v) is 11.9. The average molecular weight is 303 g/mol. The highest BCUT2D eigenvalue weighted by atomic mass is 16.6. The molecule has 0 heterocycles. The van der Waals surface area contributed by atoms with E-state index in [0.717, 1.165) is 0 Å². The van der Waals surface area contributed by atoms with Crippen LogP contribution in [0.5, 0.6) is 17.2 Å². The number of carbonyl (C=O) groups excluding carboxylic acids is 1. The van der Waals surface area contributed by atoms with E-state index in [1.165, 1.54) is 26.4 Å². The summed E-state index contributed by atoms with van der Waals surface area (Å²) in [6, 6.07) is 10.9. The molecular formula is C15H13NO6. The first kappa shape index (κ1) is 15.3. The zero-order valence-electron chi connectivity index (χ0n) is 11.9. The molecule has 0 aliphatic heterocycles. The van der Waals surface area contributed by atoms with Crippen LogP contribution in [0.2, 0.25) is 0 Å². The van der Waals surface area contributed by atoms with E-state index in [2.05, 4.69) is 0 Å². The molecule has 22 heavy (non-hydrogen) atoms. The Bertz CT molecular complexity index is 673. The molecule has 0 atom stereocenters. The number of carbonyl (C=O) groups is 1. The van der Waals surface area contributed by atoms with E-state index >= 15 is 0 Å². The molecule has 0 aromatic heterocycles. The van der Waals surface area contributed by atoms with Crippen molar-refractivity contribution in [2.24, 2.45) is 0 Å². The Morgan fingerprint density at radius 3 is 2.05 bits per heavy atom. The van der Waals surface area contributed by atoms with E-state index in [4.69, 9.17) is 14.2 Å². The van der Waals surface area contributed by atoms with Crippen molar-refractivity contribution in [1.82, 2.24) is 0 Å². The van der Waals surface area contributed by atoms with Gasteiger partial charge < -0.3 is 14.2 Å². The van der Waals surface area contributed by atoms with Gasteiger partial charge in [0.2, 0.25) is 11.5 Å². The van der Waals surface area contributed by atoms with Crippen LogP contribution in [-0.2, 0) is 0 Å². The van der Waals surface area contributed by atoms with Gasteiger partial charge in [-0.2, -0.15) is 0 Å². The maximum Gasteiger partial charge on any atom is 0.352 e. The second-order valence-electron chi connectivity index (χ2n) is 4.19. The van der Waals surface area contributed by atoms with Crippen molar-refractivity contribution in [3.8, 4) is 17.2 Å². The lowest BCUT2D eigenvalue weighted by Crippen LogP contribution is -2.09. The predicted molar refractivity (Wildman–Crippen MR) is 77.6 cm³/mol. The minimum Gasteiger partial charge on any atom is -0.490 e. The number of hydrogen-bond donors (Lipinski definition) is 0. The third-order valence-corrected chi connectivity index (χ3v) is 2.86. The highest BCUT2D eigenvalue weighted by Crippen LogP contribution is 2.40. The summed E-state index contributed by atoms with van der Waals surface area (Å²) in [6.07, 6.45) is 0. The van der Waals surface area contributed by atoms with Crippen molar-refractivity contribution in [3.05, 3.63) is 58.1 Å². The minimum atomic E-state index is -0.625. The molecule has 0 radical (unpaired) electrons. The number of nitro groups is 1. The lowest BCUT2D eigenvalue weighted by molar-refractivity contribution is -0.386. The molecule has 0 saturated carbocycles. The van der Waals surface area contributed by atoms with Crippen molar-refractivity contribution in [3.63, 3.8) is 0 Å². The van der Waals surface area contributed by atoms with Crippen LogP contribution in [0.4, 0.5) is 5.69 Å². The van der Waals surface area contributed by atoms with Crippen LogP contribution in [0.3, 0.4) is 0 Å². The topological polar surface area (TPSA) is 87.9 Å². The smallest absolute Gasteiger partial charge is 0.352 e. The number of hydrogen-bond acceptors (Lipinski definition) is 6. The summed E-state index contributed by atoms with van der Waals surface area (Å²) in [5.41, 5.74) is 0.0308. The van der Waals surface area contributed by atoms with E-state index in [-0.39, 0.29) is 22.9 Å². The molecule has 7 nitrogen and oxygen atoms in total. The zero-order chi connectivity index (χ0) is 16.1. The fraction of sp³-hybridized carbons (Fsp3) is 0.133. The van der Waals surface area contributed by atoms with Gasteiger partial charge in [0.15, 0.2) is 0 Å². The molecule has 0 amide bonds. The third kappa shape index (κ3) is 3.14. The number of methoxy groups -OCH3 is 2. The third-order valence-electron chi connectivity index (χ3n) is 2.86. The number of rotatable bonds is 5. The van der Waals surface area contributed by atoms with Crippen LogP contribution >= 0.6 is 0 Å². The van der Waals surface area contributed by atoms with E-state index in [1.54, 1.807) is 30.3 Å². The van der Waals surface area contributed by atoms with Gasteiger partial charge in [0.1, 0.15) is 5.75 Å². The molecule has 2 rings (SSSR count). The fourth-order valence-electron chi connectivity index (χ4n) is 1.85. The normalized spacial score (nSPS) is 9.91. The van der Waals surface area contributed by atoms with Gasteiger partial charge in [-0.1, -0.05) is 18.2 Å². The van der Waals surface area contributed by atoms with Gasteiger partial charge in [0.05, 0.1) is 24.7 Å². The average Bonchev–Trinajstić information content (AvgIpc) is 2.54. The first-order valence-electron chi connectivity index (χ1n) is 6.24. The summed E-state index contributed by atoms with van der Waals surface area (Å²) in [5.74, 6) is -0.605. The van der Waals surface area contributed by atoms with Gasteiger partial charge in [-0.3, -0.25) is 10.1 Å². The van der Waals surface area contributed by atoms with E-state index in [1.807, 2.05) is 0 Å². The molecular weight excluding hydrogens is 290 g/mol. The first-order valence-corrected chi connectivity index (χ1v) is 6.24. The molecule has 0 unspecified atom stereocenters. The van der Waals surface area contributed by atoms with Gasteiger partial charge in [-0.05, 0) is 12.1 Å². The molecule has 0 aliphatic carbocycles. The molecule has 0 aliphatic rings. The van der Waals surface area contributed by atoms with E-state index in [0.29, 0.717) is 5.56 Å². The first-order chi connectivity index (χ1) is 10.6. The standard InChI is InChI=1S/C15H13NO6/c1-20-12-8-11(9-13(21-2)14(12)16(18)19)22-15(17)10-6-4-3-5-7-10/h3-9H,1-2H3. The van der Waals surface area contributed by atoms with Gasteiger partial charge >= 0.3 is 11.7 Å². The largest absolute Gasteiger partial charge is 0.490 e. The molecule has 7 heteroatoms. The van der Waals surface area contributed by atoms with Crippen molar-refractivity contribution in [2.45, 2.75) is 0 Å². The Hall–Kier alpha value is -3.09. The monoisotopic (exact) mass is 303 g/mol. The second kappa shape index (κ2) is 6.57. The molecule has 2 aromatic carbocycles. The molecule has 0 saturated heterocycles. The number of ether oxygens (including phenoxy) is 3. The van der Waals surface area contributed by atoms with Crippen LogP contribution < -0.4 is 14.2 Å². The Morgan fingerprint density at radius 1 is 1.05 bits per heavy atom. The number of benzene rings is 2. The predicted octanol–water partition coefficient (Wildman–Crippen LogP) is 2.83. The van der Waals surface area contributed by atoms with Crippen LogP contribution in [0, 0.1) is 10.1 Å². The fourth-order valence-corrected chi connectivity index (χ4v) is 1.85. The number of esters is 1. The lowest BCUT2D eigenvalue weighted by atomic mass is 10.2. The Balaban J connectivity index is 2.36. The Morgan fingerprint density at radius 2 is 1.59 bits per heavy atom. The van der Waals surface area contributed by atoms with Crippen LogP contribution in [0.25, 0.3) is 0 Å². The van der Waals surface area contributed by atoms with Crippen molar-refractivity contribution >= 4 is 11.7 Å². The van der Waals surface area contributed by atoms with Gasteiger partial charge in [0, 0.05) is 12.1 Å². The number of nitrogens with zero attached hydrogens (tertiary/aromatic N) is 1. The molecule has 0 N–H and O–H groups in total. The van der Waals surface area contributed by atoms with Gasteiger partial charge in [-0.25, -0.2) is 4.79 Å². The Kier molecular flexibility index (Phi) is 4.57. The summed E-state index contributed by atoms with van der Waals surface area (Å²) < 4.78 is 15.1. The van der Waals surface area contributed by atoms with Gasteiger partial charge in [-0.15, -0.1) is 0 Å². The molecule has 2 aromatic rings. The molecule has 114 valence electrons. The van der Waals surface area contributed by atoms with Crippen LogP contribution in [0.15, 0.2) is 42.5 Å². The van der Waals surface area contributed by atoms with E-state index < -0.39 is 10.9 Å². The van der Waals surface area contributed by atoms with Crippen LogP contribution in [0.1, 0.15) is 10.4 Å². The van der Waals surface area contributed by atoms with Crippen LogP contribution in [-0.4, -0.2) is 25.1 Å². The summed E-state index contributed by atoms with van der Waals surface area (Å²) >= 11 is 0. The van der Waals surface area contributed by atoms with Crippen molar-refractivity contribution < 1.29 is 23.9 Å². The number of nitro benzene ring substituents is 1. The summed E-state index contributed by atoms with van der Waals surface area (Å²) in [5, 5.41) is 11.1. The lowest BCUT2D eigenvalue weighted by Gasteiger charge is -2.10. The van der Waals surface area contributed by atoms with E-state index in [9.17, 15) is 14.9 Å². The van der Waals surface area contributed by atoms with Gasteiger partial charge in [0.25, 0.3) is 0 Å². The van der Waals surface area contributed by atoms with Crippen molar-refractivity contribution in [1.29, 1.82) is 0 Å². The Labute approximate surface area is 126 Å². The summed E-state index contributed by atoms with van der Waals surface area (Å²) in [6.45, 7) is 0. The highest BCUT2D eigenvalue weighted by Gasteiger charge is 2.24. The maximum absolute atomic E-state index is 12.0. The quantitative estimate of drug-likeness (QED) is 0.365.